The average molecular weight is 200 g/mol. The number of hydrogen-bond donors (Lipinski definition) is 0. The van der Waals surface area contributed by atoms with Crippen LogP contribution < -0.4 is 0 Å². The Hall–Kier alpha value is 0.110. The molecule has 0 unspecified atom stereocenters. The van der Waals surface area contributed by atoms with Gasteiger partial charge in [-0.25, -0.2) is 0 Å². The Kier molecular flexibility index (Phi) is 2.81. The molecular weight excluding hydrogens is 188 g/mol. The van der Waals surface area contributed by atoms with Gasteiger partial charge in [-0.3, -0.25) is 4.79 Å². The first-order valence-corrected chi connectivity index (χ1v) is 6.37. The second kappa shape index (κ2) is 3.88. The van der Waals surface area contributed by atoms with E-state index in [9.17, 15) is 4.79 Å². The van der Waals surface area contributed by atoms with Gasteiger partial charge in [0, 0.05) is 16.2 Å². The number of rotatable bonds is 0. The van der Waals surface area contributed by atoms with E-state index in [1.807, 2.05) is 23.5 Å². The second-order valence-electron chi connectivity index (χ2n) is 3.09. The lowest BCUT2D eigenvalue weighted by molar-refractivity contribution is -0.114. The lowest BCUT2D eigenvalue weighted by Crippen LogP contribution is -1.99. The van der Waals surface area contributed by atoms with E-state index >= 15 is 0 Å². The zero-order valence-electron chi connectivity index (χ0n) is 6.97. The fourth-order valence-electron chi connectivity index (χ4n) is 1.54. The third-order valence-electron chi connectivity index (χ3n) is 2.17. The zero-order valence-corrected chi connectivity index (χ0v) is 8.60. The topological polar surface area (TPSA) is 17.1 Å². The van der Waals surface area contributed by atoms with Crippen LogP contribution in [0.2, 0.25) is 0 Å². The van der Waals surface area contributed by atoms with Crippen molar-refractivity contribution in [3.05, 3.63) is 9.81 Å². The molecular formula is C9H12OS2. The lowest BCUT2D eigenvalue weighted by atomic mass is 10.2. The molecule has 0 aromatic rings. The van der Waals surface area contributed by atoms with Crippen LogP contribution in [0, 0.1) is 0 Å². The predicted octanol–water partition coefficient (Wildman–Crippen LogP) is 2.82. The minimum absolute atomic E-state index is 0.409. The highest BCUT2D eigenvalue weighted by Crippen LogP contribution is 2.40. The standard InChI is InChI=1S/C9H12OS2/c10-8-4-1-3-7(8)9-11-5-2-6-12-9/h1-6H2. The first-order valence-electron chi connectivity index (χ1n) is 4.40. The molecule has 1 saturated carbocycles. The molecule has 0 aromatic carbocycles. The van der Waals surface area contributed by atoms with Gasteiger partial charge in [0.2, 0.25) is 0 Å². The predicted molar refractivity (Wildman–Crippen MR) is 55.4 cm³/mol. The van der Waals surface area contributed by atoms with Crippen molar-refractivity contribution >= 4 is 29.3 Å². The van der Waals surface area contributed by atoms with Crippen molar-refractivity contribution < 1.29 is 4.79 Å². The fraction of sp³-hybridized carbons (Fsp3) is 0.667. The quantitative estimate of drug-likeness (QED) is 0.560. The van der Waals surface area contributed by atoms with Gasteiger partial charge < -0.3 is 0 Å². The Morgan fingerprint density at radius 2 is 1.75 bits per heavy atom. The van der Waals surface area contributed by atoms with Crippen LogP contribution in [0.4, 0.5) is 0 Å². The van der Waals surface area contributed by atoms with E-state index in [1.54, 1.807) is 0 Å². The summed E-state index contributed by atoms with van der Waals surface area (Å²) >= 11 is 3.77. The lowest BCUT2D eigenvalue weighted by Gasteiger charge is -2.14. The summed E-state index contributed by atoms with van der Waals surface area (Å²) < 4.78 is 1.34. The van der Waals surface area contributed by atoms with Gasteiger partial charge in [-0.2, -0.15) is 0 Å². The van der Waals surface area contributed by atoms with E-state index in [2.05, 4.69) is 0 Å². The van der Waals surface area contributed by atoms with E-state index in [-0.39, 0.29) is 0 Å². The van der Waals surface area contributed by atoms with E-state index in [1.165, 1.54) is 22.2 Å². The highest BCUT2D eigenvalue weighted by atomic mass is 32.2. The first-order chi connectivity index (χ1) is 5.88. The molecule has 0 bridgehead atoms. The van der Waals surface area contributed by atoms with Crippen LogP contribution in [-0.2, 0) is 4.79 Å². The molecule has 0 aromatic heterocycles. The van der Waals surface area contributed by atoms with Crippen LogP contribution in [0.3, 0.4) is 0 Å². The maximum atomic E-state index is 11.4. The molecule has 12 heavy (non-hydrogen) atoms. The average Bonchev–Trinajstić information content (AvgIpc) is 2.53. The van der Waals surface area contributed by atoms with Crippen molar-refractivity contribution in [3.8, 4) is 0 Å². The van der Waals surface area contributed by atoms with Crippen LogP contribution in [0.1, 0.15) is 25.7 Å². The summed E-state index contributed by atoms with van der Waals surface area (Å²) in [7, 11) is 0. The van der Waals surface area contributed by atoms with Gasteiger partial charge in [-0.05, 0) is 30.8 Å². The molecule has 0 radical (unpaired) electrons. The molecule has 0 spiro atoms. The van der Waals surface area contributed by atoms with Crippen molar-refractivity contribution in [1.29, 1.82) is 0 Å². The number of ketones is 1. The molecule has 1 aliphatic heterocycles. The molecule has 66 valence electrons. The Morgan fingerprint density at radius 1 is 1.00 bits per heavy atom. The fourth-order valence-corrected chi connectivity index (χ4v) is 4.28. The molecule has 1 heterocycles. The summed E-state index contributed by atoms with van der Waals surface area (Å²) in [6, 6.07) is 0. The maximum absolute atomic E-state index is 11.4. The number of allylic oxidation sites excluding steroid dienone is 1. The van der Waals surface area contributed by atoms with E-state index in [4.69, 9.17) is 0 Å². The van der Waals surface area contributed by atoms with Crippen LogP contribution >= 0.6 is 23.5 Å². The number of carbonyl (C=O) groups is 1. The van der Waals surface area contributed by atoms with E-state index in [0.29, 0.717) is 5.78 Å². The van der Waals surface area contributed by atoms with Crippen LogP contribution in [-0.4, -0.2) is 17.3 Å². The van der Waals surface area contributed by atoms with Gasteiger partial charge in [0.1, 0.15) is 0 Å². The number of carbonyl (C=O) groups excluding carboxylic acids is 1. The number of thioether (sulfide) groups is 2. The molecule has 1 aliphatic carbocycles. The van der Waals surface area contributed by atoms with Crippen molar-refractivity contribution in [3.63, 3.8) is 0 Å². The molecule has 1 nitrogen and oxygen atoms in total. The van der Waals surface area contributed by atoms with Gasteiger partial charge in [0.25, 0.3) is 0 Å². The molecule has 3 heteroatoms. The summed E-state index contributed by atoms with van der Waals surface area (Å²) in [6.45, 7) is 0. The molecule has 2 fully saturated rings. The van der Waals surface area contributed by atoms with Gasteiger partial charge in [-0.1, -0.05) is 0 Å². The van der Waals surface area contributed by atoms with E-state index in [0.717, 1.165) is 24.8 Å². The maximum Gasteiger partial charge on any atom is 0.160 e. The van der Waals surface area contributed by atoms with Crippen molar-refractivity contribution in [2.75, 3.05) is 11.5 Å². The van der Waals surface area contributed by atoms with Crippen LogP contribution in [0.5, 0.6) is 0 Å². The van der Waals surface area contributed by atoms with Crippen molar-refractivity contribution in [2.45, 2.75) is 25.7 Å². The SMILES string of the molecule is O=C1CCCC1=C1SCCCS1. The molecule has 2 aliphatic rings. The highest BCUT2D eigenvalue weighted by Gasteiger charge is 2.22. The summed E-state index contributed by atoms with van der Waals surface area (Å²) in [4.78, 5) is 11.4. The third-order valence-corrected chi connectivity index (χ3v) is 4.88. The monoisotopic (exact) mass is 200 g/mol. The second-order valence-corrected chi connectivity index (χ2v) is 5.56. The molecule has 1 saturated heterocycles. The van der Waals surface area contributed by atoms with E-state index < -0.39 is 0 Å². The highest BCUT2D eigenvalue weighted by molar-refractivity contribution is 8.22. The summed E-state index contributed by atoms with van der Waals surface area (Å²) in [6.07, 6.45) is 4.20. The zero-order chi connectivity index (χ0) is 8.39. The summed E-state index contributed by atoms with van der Waals surface area (Å²) in [5, 5.41) is 0. The minimum Gasteiger partial charge on any atom is -0.294 e. The molecule has 0 atom stereocenters. The number of Topliss-reactive ketones (excluding diaryl/α,β-unsaturated/α-hetero) is 1. The Balaban J connectivity index is 2.16. The van der Waals surface area contributed by atoms with Gasteiger partial charge in [-0.15, -0.1) is 23.5 Å². The van der Waals surface area contributed by atoms with Crippen LogP contribution in [0.15, 0.2) is 9.81 Å². The minimum atomic E-state index is 0.409. The normalized spacial score (nSPS) is 25.2. The Labute approximate surface area is 81.4 Å². The summed E-state index contributed by atoms with van der Waals surface area (Å²) in [5.74, 6) is 2.82. The number of hydrogen-bond acceptors (Lipinski definition) is 3. The molecule has 0 N–H and O–H groups in total. The molecule has 2 rings (SSSR count). The summed E-state index contributed by atoms with van der Waals surface area (Å²) in [5.41, 5.74) is 1.14. The van der Waals surface area contributed by atoms with Crippen molar-refractivity contribution in [2.24, 2.45) is 0 Å². The third kappa shape index (κ3) is 1.72. The van der Waals surface area contributed by atoms with Gasteiger partial charge in [0.15, 0.2) is 5.78 Å². The largest absolute Gasteiger partial charge is 0.294 e. The van der Waals surface area contributed by atoms with Crippen molar-refractivity contribution in [1.82, 2.24) is 0 Å². The Bertz CT molecular complexity index is 225. The Morgan fingerprint density at radius 3 is 2.33 bits per heavy atom. The smallest absolute Gasteiger partial charge is 0.160 e. The van der Waals surface area contributed by atoms with Gasteiger partial charge in [0.05, 0.1) is 0 Å². The molecule has 0 amide bonds. The first kappa shape index (κ1) is 8.70. The van der Waals surface area contributed by atoms with Crippen LogP contribution in [0.25, 0.3) is 0 Å². The van der Waals surface area contributed by atoms with Gasteiger partial charge >= 0.3 is 0 Å².